The largest absolute Gasteiger partial charge is 0.354 e. The Morgan fingerprint density at radius 3 is 2.96 bits per heavy atom. The lowest BCUT2D eigenvalue weighted by molar-refractivity contribution is 0.00245. The Morgan fingerprint density at radius 2 is 2.15 bits per heavy atom. The van der Waals surface area contributed by atoms with Crippen molar-refractivity contribution >= 4 is 16.9 Å². The average Bonchev–Trinajstić information content (AvgIpc) is 3.05. The normalized spacial score (nSPS) is 18.2. The molecular weight excluding hydrogens is 357 g/mol. The number of fused-ring (bicyclic) bond motifs is 1. The molecule has 2 N–H and O–H groups in total. The lowest BCUT2D eigenvalue weighted by Gasteiger charge is -2.35. The quantitative estimate of drug-likeness (QED) is 0.733. The number of pyridine rings is 2. The molecule has 0 spiro atoms. The first-order valence-electron chi connectivity index (χ1n) is 8.73. The maximum absolute atomic E-state index is 14.5. The van der Waals surface area contributed by atoms with E-state index in [1.54, 1.807) is 24.4 Å². The summed E-state index contributed by atoms with van der Waals surface area (Å²) in [7, 11) is 0. The highest BCUT2D eigenvalue weighted by Crippen LogP contribution is 2.28. The number of hydrogen-bond acceptors (Lipinski definition) is 5. The summed E-state index contributed by atoms with van der Waals surface area (Å²) in [5.74, 6) is -2.69. The van der Waals surface area contributed by atoms with Crippen LogP contribution in [0.2, 0.25) is 0 Å². The summed E-state index contributed by atoms with van der Waals surface area (Å²) in [4.78, 5) is 10.5. The van der Waals surface area contributed by atoms with Crippen molar-refractivity contribution in [3.05, 3.63) is 36.3 Å². The van der Waals surface area contributed by atoms with Crippen LogP contribution >= 0.6 is 0 Å². The zero-order valence-electron chi connectivity index (χ0n) is 14.7. The van der Waals surface area contributed by atoms with Crippen LogP contribution in [0.1, 0.15) is 13.3 Å². The summed E-state index contributed by atoms with van der Waals surface area (Å²) < 4.78 is 41.2. The first kappa shape index (κ1) is 17.7. The van der Waals surface area contributed by atoms with Gasteiger partial charge in [0.1, 0.15) is 11.5 Å². The second-order valence-electron chi connectivity index (χ2n) is 6.84. The van der Waals surface area contributed by atoms with Crippen molar-refractivity contribution in [3.63, 3.8) is 0 Å². The minimum atomic E-state index is -2.75. The summed E-state index contributed by atoms with van der Waals surface area (Å²) in [6.45, 7) is 2.47. The summed E-state index contributed by atoms with van der Waals surface area (Å²) >= 11 is 0. The van der Waals surface area contributed by atoms with Gasteiger partial charge in [-0.25, -0.2) is 23.1 Å². The fourth-order valence-corrected chi connectivity index (χ4v) is 3.42. The molecule has 0 bridgehead atoms. The number of alkyl halides is 2. The number of rotatable bonds is 4. The zero-order chi connectivity index (χ0) is 19.0. The maximum Gasteiger partial charge on any atom is 0.247 e. The average molecular weight is 376 g/mol. The lowest BCUT2D eigenvalue weighted by atomic mass is 10.1. The van der Waals surface area contributed by atoms with Crippen LogP contribution < -0.4 is 10.2 Å². The molecule has 3 aromatic rings. The van der Waals surface area contributed by atoms with Crippen molar-refractivity contribution < 1.29 is 13.2 Å². The van der Waals surface area contributed by atoms with Crippen molar-refractivity contribution in [2.45, 2.75) is 25.3 Å². The van der Waals surface area contributed by atoms with Crippen molar-refractivity contribution in [3.8, 4) is 11.4 Å². The van der Waals surface area contributed by atoms with E-state index in [9.17, 15) is 13.2 Å². The zero-order valence-corrected chi connectivity index (χ0v) is 14.7. The smallest absolute Gasteiger partial charge is 0.247 e. The first-order valence-corrected chi connectivity index (χ1v) is 8.73. The molecule has 0 saturated carbocycles. The van der Waals surface area contributed by atoms with Gasteiger partial charge in [0.2, 0.25) is 5.92 Å². The van der Waals surface area contributed by atoms with E-state index in [0.717, 1.165) is 6.92 Å². The Balaban J connectivity index is 1.64. The molecule has 0 aromatic carbocycles. The third kappa shape index (κ3) is 3.73. The number of nitrogens with one attached hydrogen (secondary N) is 2. The molecule has 1 atom stereocenters. The van der Waals surface area contributed by atoms with Crippen LogP contribution in [0.25, 0.3) is 22.4 Å². The number of halogens is 3. The van der Waals surface area contributed by atoms with E-state index < -0.39 is 11.7 Å². The van der Waals surface area contributed by atoms with Crippen molar-refractivity contribution in [1.82, 2.24) is 25.5 Å². The van der Waals surface area contributed by atoms with Crippen LogP contribution in [0.4, 0.5) is 19.0 Å². The van der Waals surface area contributed by atoms with Crippen LogP contribution in [0.5, 0.6) is 0 Å². The van der Waals surface area contributed by atoms with Gasteiger partial charge in [0.05, 0.1) is 5.69 Å². The molecule has 1 saturated heterocycles. The summed E-state index contributed by atoms with van der Waals surface area (Å²) in [5.41, 5.74) is 1.06. The third-order valence-electron chi connectivity index (χ3n) is 4.58. The number of aromatic nitrogens is 4. The summed E-state index contributed by atoms with van der Waals surface area (Å²) in [5, 5.41) is 10.7. The van der Waals surface area contributed by atoms with Gasteiger partial charge in [-0.2, -0.15) is 5.10 Å². The second kappa shape index (κ2) is 6.80. The van der Waals surface area contributed by atoms with Gasteiger partial charge in [0.25, 0.3) is 0 Å². The molecule has 4 rings (SSSR count). The van der Waals surface area contributed by atoms with Gasteiger partial charge in [-0.15, -0.1) is 0 Å². The molecule has 1 aliphatic heterocycles. The first-order chi connectivity index (χ1) is 12.9. The second-order valence-corrected chi connectivity index (χ2v) is 6.84. The number of aromatic amines is 1. The van der Waals surface area contributed by atoms with E-state index in [1.165, 1.54) is 6.07 Å². The van der Waals surface area contributed by atoms with Crippen LogP contribution in [0, 0.1) is 5.82 Å². The summed E-state index contributed by atoms with van der Waals surface area (Å²) in [6.07, 6.45) is 1.35. The molecule has 1 aliphatic rings. The molecule has 0 aliphatic carbocycles. The van der Waals surface area contributed by atoms with Gasteiger partial charge in [0, 0.05) is 43.7 Å². The third-order valence-corrected chi connectivity index (χ3v) is 4.58. The fraction of sp³-hybridized carbons (Fsp3) is 0.389. The number of hydrogen-bond donors (Lipinski definition) is 2. The minimum absolute atomic E-state index is 0.138. The van der Waals surface area contributed by atoms with Gasteiger partial charge in [0.15, 0.2) is 11.5 Å². The molecule has 142 valence electrons. The Labute approximate surface area is 153 Å². The predicted octanol–water partition coefficient (Wildman–Crippen LogP) is 2.98. The topological polar surface area (TPSA) is 69.7 Å². The van der Waals surface area contributed by atoms with Gasteiger partial charge >= 0.3 is 0 Å². The number of nitrogens with zero attached hydrogens (tertiary/aromatic N) is 4. The van der Waals surface area contributed by atoms with E-state index in [1.807, 2.05) is 4.90 Å². The Morgan fingerprint density at radius 1 is 1.30 bits per heavy atom. The highest BCUT2D eigenvalue weighted by Gasteiger charge is 2.30. The van der Waals surface area contributed by atoms with Gasteiger partial charge < -0.3 is 10.2 Å². The van der Waals surface area contributed by atoms with Crippen LogP contribution in [-0.4, -0.2) is 51.8 Å². The predicted molar refractivity (Wildman–Crippen MR) is 96.3 cm³/mol. The molecular formula is C18H19F3N6. The molecule has 1 fully saturated rings. The van der Waals surface area contributed by atoms with Crippen LogP contribution in [-0.2, 0) is 0 Å². The van der Waals surface area contributed by atoms with E-state index in [0.29, 0.717) is 42.2 Å². The monoisotopic (exact) mass is 376 g/mol. The molecule has 0 amide bonds. The van der Waals surface area contributed by atoms with Crippen LogP contribution in [0.15, 0.2) is 30.5 Å². The highest BCUT2D eigenvalue weighted by molar-refractivity contribution is 5.89. The van der Waals surface area contributed by atoms with E-state index in [2.05, 4.69) is 25.5 Å². The van der Waals surface area contributed by atoms with Crippen LogP contribution in [0.3, 0.4) is 0 Å². The van der Waals surface area contributed by atoms with E-state index in [-0.39, 0.29) is 18.2 Å². The van der Waals surface area contributed by atoms with Gasteiger partial charge in [-0.05, 0) is 31.2 Å². The molecule has 4 heterocycles. The van der Waals surface area contributed by atoms with Crippen molar-refractivity contribution in [1.29, 1.82) is 0 Å². The highest BCUT2D eigenvalue weighted by atomic mass is 19.3. The molecule has 27 heavy (non-hydrogen) atoms. The molecule has 0 radical (unpaired) electrons. The molecule has 3 aromatic heterocycles. The standard InChI is InChI=1S/C18H19F3N6/c1-18(20,21)9-11-10-27(8-7-22-11)14-5-4-13(19)16(24-14)15-12-3-2-6-23-17(12)26-25-15/h2-6,11,22H,7-10H2,1H3,(H,23,25,26). The lowest BCUT2D eigenvalue weighted by Crippen LogP contribution is -2.52. The van der Waals surface area contributed by atoms with E-state index in [4.69, 9.17) is 0 Å². The van der Waals surface area contributed by atoms with Gasteiger partial charge in [-0.1, -0.05) is 0 Å². The number of anilines is 1. The maximum atomic E-state index is 14.5. The molecule has 9 heteroatoms. The Hall–Kier alpha value is -2.68. The Kier molecular flexibility index (Phi) is 4.47. The summed E-state index contributed by atoms with van der Waals surface area (Å²) in [6, 6.07) is 6.09. The van der Waals surface area contributed by atoms with E-state index >= 15 is 0 Å². The van der Waals surface area contributed by atoms with Crippen molar-refractivity contribution in [2.75, 3.05) is 24.5 Å². The molecule has 1 unspecified atom stereocenters. The number of piperazine rings is 1. The minimum Gasteiger partial charge on any atom is -0.354 e. The van der Waals surface area contributed by atoms with Crippen molar-refractivity contribution in [2.24, 2.45) is 0 Å². The molecule has 6 nitrogen and oxygen atoms in total. The Bertz CT molecular complexity index is 952. The van der Waals surface area contributed by atoms with Gasteiger partial charge in [-0.3, -0.25) is 5.10 Å². The SMILES string of the molecule is CC(F)(F)CC1CN(c2ccc(F)c(-c3[nH]nc4ncccc34)n2)CCN1. The number of H-pyrrole nitrogens is 1. The fourth-order valence-electron chi connectivity index (χ4n) is 3.42.